The number of aryl methyl sites for hydroxylation is 1. The maximum Gasteiger partial charge on any atom is 0.325 e. The minimum atomic E-state index is -3.88. The Morgan fingerprint density at radius 2 is 1.81 bits per heavy atom. The lowest BCUT2D eigenvalue weighted by Gasteiger charge is -2.07. The molecule has 27 heavy (non-hydrogen) atoms. The molecule has 0 saturated carbocycles. The predicted octanol–water partition coefficient (Wildman–Crippen LogP) is 4.24. The highest BCUT2D eigenvalue weighted by Gasteiger charge is 2.10. The van der Waals surface area contributed by atoms with Crippen LogP contribution in [0, 0.1) is 0 Å². The van der Waals surface area contributed by atoms with Crippen molar-refractivity contribution in [2.24, 2.45) is 0 Å². The van der Waals surface area contributed by atoms with Crippen molar-refractivity contribution in [1.29, 1.82) is 0 Å². The summed E-state index contributed by atoms with van der Waals surface area (Å²) < 4.78 is 10.8. The van der Waals surface area contributed by atoms with Crippen LogP contribution in [0.15, 0.2) is 53.6 Å². The highest BCUT2D eigenvalue weighted by atomic mass is 32.2. The summed E-state index contributed by atoms with van der Waals surface area (Å²) in [6.45, 7) is 1.19. The van der Waals surface area contributed by atoms with E-state index in [1.165, 1.54) is 29.7 Å². The van der Waals surface area contributed by atoms with Gasteiger partial charge in [-0.05, 0) is 55.7 Å². The summed E-state index contributed by atoms with van der Waals surface area (Å²) in [5.74, 6) is 1.11. The van der Waals surface area contributed by atoms with Crippen LogP contribution in [0.25, 0.3) is 0 Å². The molecule has 2 aromatic rings. The molecule has 3 N–H and O–H groups in total. The van der Waals surface area contributed by atoms with Crippen LogP contribution in [0.5, 0.6) is 0 Å². The maximum atomic E-state index is 10.8. The summed E-state index contributed by atoms with van der Waals surface area (Å²) in [5.41, 5.74) is 2.36. The highest BCUT2D eigenvalue weighted by molar-refractivity contribution is 7.99. The van der Waals surface area contributed by atoms with Gasteiger partial charge in [-0.1, -0.05) is 36.8 Å². The van der Waals surface area contributed by atoms with Gasteiger partial charge in [0.25, 0.3) is 0 Å². The summed E-state index contributed by atoms with van der Waals surface area (Å²) in [6.07, 6.45) is 7.13. The Bertz CT molecular complexity index is 692. The first kappa shape index (κ1) is 22.1. The fraction of sp³-hybridized carbons (Fsp3) is 0.450. The molecule has 2 rings (SSSR count). The first-order valence-corrected chi connectivity index (χ1v) is 12.2. The minimum Gasteiger partial charge on any atom is -0.324 e. The Labute approximate surface area is 166 Å². The number of hydrogen-bond donors (Lipinski definition) is 3. The van der Waals surface area contributed by atoms with Gasteiger partial charge in [0.05, 0.1) is 11.9 Å². The van der Waals surface area contributed by atoms with Crippen LogP contribution < -0.4 is 5.32 Å². The number of nitrogens with one attached hydrogen (secondary N) is 1. The topological polar surface area (TPSA) is 82.5 Å². The first-order valence-electron chi connectivity index (χ1n) is 9.40. The van der Waals surface area contributed by atoms with Gasteiger partial charge in [0.1, 0.15) is 0 Å². The standard InChI is InChI=1S/C20H29N2O3PS/c23-26(24,25)14-7-13-21-16-19-11-12-20(17-22-19)27-15-6-2-5-10-18-8-3-1-4-9-18/h1,3-4,8-9,11-12,17,21H,2,5-7,10,13-16H2,(H2,23,24,25). The molecular formula is C20H29N2O3PS. The number of aromatic nitrogens is 1. The Morgan fingerprint density at radius 1 is 1.00 bits per heavy atom. The minimum absolute atomic E-state index is 0.0750. The lowest BCUT2D eigenvalue weighted by Crippen LogP contribution is -2.16. The van der Waals surface area contributed by atoms with Gasteiger partial charge in [-0.3, -0.25) is 9.55 Å². The zero-order chi connectivity index (χ0) is 19.4. The molecule has 148 valence electrons. The molecule has 5 nitrogen and oxygen atoms in total. The molecule has 0 aliphatic heterocycles. The molecule has 0 bridgehead atoms. The molecule has 1 aromatic carbocycles. The van der Waals surface area contributed by atoms with Crippen molar-refractivity contribution in [3.8, 4) is 0 Å². The molecule has 0 fully saturated rings. The van der Waals surface area contributed by atoms with Crippen molar-refractivity contribution in [3.05, 3.63) is 59.9 Å². The average molecular weight is 409 g/mol. The van der Waals surface area contributed by atoms with Gasteiger partial charge in [-0.25, -0.2) is 0 Å². The Balaban J connectivity index is 1.53. The number of thioether (sulfide) groups is 1. The number of hydrogen-bond acceptors (Lipinski definition) is 4. The second-order valence-electron chi connectivity index (χ2n) is 6.55. The third-order valence-electron chi connectivity index (χ3n) is 4.13. The van der Waals surface area contributed by atoms with Crippen LogP contribution in [0.1, 0.15) is 36.9 Å². The van der Waals surface area contributed by atoms with Crippen LogP contribution in [0.3, 0.4) is 0 Å². The molecule has 0 aliphatic rings. The van der Waals surface area contributed by atoms with E-state index in [0.717, 1.165) is 17.9 Å². The second-order valence-corrected chi connectivity index (χ2v) is 9.49. The van der Waals surface area contributed by atoms with Crippen molar-refractivity contribution < 1.29 is 14.4 Å². The average Bonchev–Trinajstić information content (AvgIpc) is 2.65. The van der Waals surface area contributed by atoms with Gasteiger partial charge in [-0.15, -0.1) is 11.8 Å². The SMILES string of the molecule is O=P(O)(O)CCCNCc1ccc(SCCCCCc2ccccc2)cn1. The Morgan fingerprint density at radius 3 is 2.52 bits per heavy atom. The maximum absolute atomic E-state index is 10.8. The van der Waals surface area contributed by atoms with Gasteiger partial charge >= 0.3 is 7.60 Å². The van der Waals surface area contributed by atoms with E-state index in [2.05, 4.69) is 46.7 Å². The molecule has 7 heteroatoms. The second kappa shape index (κ2) is 12.3. The van der Waals surface area contributed by atoms with E-state index in [4.69, 9.17) is 9.79 Å². The Hall–Kier alpha value is -1.17. The van der Waals surface area contributed by atoms with Crippen LogP contribution in [0.2, 0.25) is 0 Å². The van der Waals surface area contributed by atoms with E-state index >= 15 is 0 Å². The predicted molar refractivity (Wildman–Crippen MR) is 112 cm³/mol. The number of nitrogens with zero attached hydrogens (tertiary/aromatic N) is 1. The van der Waals surface area contributed by atoms with Gasteiger partial charge < -0.3 is 15.1 Å². The van der Waals surface area contributed by atoms with Crippen LogP contribution in [-0.4, -0.2) is 33.2 Å². The van der Waals surface area contributed by atoms with E-state index in [1.807, 2.05) is 24.0 Å². The van der Waals surface area contributed by atoms with Crippen molar-refractivity contribution in [3.63, 3.8) is 0 Å². The highest BCUT2D eigenvalue weighted by Crippen LogP contribution is 2.34. The molecule has 1 aromatic heterocycles. The van der Waals surface area contributed by atoms with E-state index in [-0.39, 0.29) is 6.16 Å². The largest absolute Gasteiger partial charge is 0.325 e. The zero-order valence-corrected chi connectivity index (χ0v) is 17.3. The number of unbranched alkanes of at least 4 members (excludes halogenated alkanes) is 2. The lowest BCUT2D eigenvalue weighted by molar-refractivity contribution is 0.371. The molecule has 0 unspecified atom stereocenters. The zero-order valence-electron chi connectivity index (χ0n) is 15.6. The summed E-state index contributed by atoms with van der Waals surface area (Å²) in [5, 5.41) is 3.16. The molecule has 0 radical (unpaired) electrons. The normalized spacial score (nSPS) is 11.6. The monoisotopic (exact) mass is 408 g/mol. The van der Waals surface area contributed by atoms with Crippen molar-refractivity contribution in [2.75, 3.05) is 18.5 Å². The van der Waals surface area contributed by atoms with E-state index in [0.29, 0.717) is 19.5 Å². The van der Waals surface area contributed by atoms with Crippen LogP contribution in [0.4, 0.5) is 0 Å². The smallest absolute Gasteiger partial charge is 0.324 e. The van der Waals surface area contributed by atoms with E-state index < -0.39 is 7.60 Å². The number of benzene rings is 1. The molecule has 0 atom stereocenters. The first-order chi connectivity index (χ1) is 13.0. The van der Waals surface area contributed by atoms with Crippen LogP contribution in [-0.2, 0) is 17.5 Å². The summed E-state index contributed by atoms with van der Waals surface area (Å²) >= 11 is 1.84. The van der Waals surface area contributed by atoms with Crippen molar-refractivity contribution in [1.82, 2.24) is 10.3 Å². The molecule has 0 aliphatic carbocycles. The van der Waals surface area contributed by atoms with Gasteiger partial charge in [0.2, 0.25) is 0 Å². The third kappa shape index (κ3) is 10.7. The molecule has 0 saturated heterocycles. The van der Waals surface area contributed by atoms with Crippen LogP contribution >= 0.6 is 19.4 Å². The quantitative estimate of drug-likeness (QED) is 0.261. The van der Waals surface area contributed by atoms with E-state index in [1.54, 1.807) is 0 Å². The number of pyridine rings is 1. The van der Waals surface area contributed by atoms with Crippen molar-refractivity contribution in [2.45, 2.75) is 43.5 Å². The summed E-state index contributed by atoms with van der Waals surface area (Å²) in [7, 11) is -3.88. The molecule has 0 spiro atoms. The lowest BCUT2D eigenvalue weighted by atomic mass is 10.1. The Kier molecular flexibility index (Phi) is 10.1. The molecule has 0 amide bonds. The van der Waals surface area contributed by atoms with Gasteiger partial charge in [0, 0.05) is 17.6 Å². The molecular weight excluding hydrogens is 379 g/mol. The number of rotatable bonds is 13. The summed E-state index contributed by atoms with van der Waals surface area (Å²) in [6, 6.07) is 14.7. The van der Waals surface area contributed by atoms with Gasteiger partial charge in [-0.2, -0.15) is 0 Å². The van der Waals surface area contributed by atoms with E-state index in [9.17, 15) is 4.57 Å². The summed E-state index contributed by atoms with van der Waals surface area (Å²) in [4.78, 5) is 23.2. The third-order valence-corrected chi connectivity index (χ3v) is 6.09. The van der Waals surface area contributed by atoms with Gasteiger partial charge in [0.15, 0.2) is 0 Å². The van der Waals surface area contributed by atoms with Crippen molar-refractivity contribution >= 4 is 19.4 Å². The molecule has 1 heterocycles. The fourth-order valence-electron chi connectivity index (χ4n) is 2.67. The fourth-order valence-corrected chi connectivity index (χ4v) is 4.12.